The molecule has 1 aromatic heterocycles. The first-order chi connectivity index (χ1) is 13.4. The number of benzene rings is 2. The van der Waals surface area contributed by atoms with Crippen LogP contribution in [0.15, 0.2) is 27.4 Å². The second kappa shape index (κ2) is 7.10. The Morgan fingerprint density at radius 3 is 2.00 bits per heavy atom. The minimum Gasteiger partial charge on any atom is -0.507 e. The van der Waals surface area contributed by atoms with Crippen LogP contribution in [0.5, 0.6) is 40.2 Å². The van der Waals surface area contributed by atoms with Crippen molar-refractivity contribution in [2.45, 2.75) is 0 Å². The van der Waals surface area contributed by atoms with Crippen molar-refractivity contribution in [3.8, 4) is 51.6 Å². The molecular weight excluding hydrogens is 372 g/mol. The van der Waals surface area contributed by atoms with Crippen molar-refractivity contribution in [2.24, 2.45) is 0 Å². The third-order valence-corrected chi connectivity index (χ3v) is 4.19. The summed E-state index contributed by atoms with van der Waals surface area (Å²) in [6, 6.07) is 3.48. The van der Waals surface area contributed by atoms with E-state index in [0.717, 1.165) is 12.1 Å². The summed E-state index contributed by atoms with van der Waals surface area (Å²) in [4.78, 5) is 12.7. The summed E-state index contributed by atoms with van der Waals surface area (Å²) in [5.41, 5.74) is -0.611. The molecule has 3 rings (SSSR count). The summed E-state index contributed by atoms with van der Waals surface area (Å²) < 4.78 is 26.3. The highest BCUT2D eigenvalue weighted by molar-refractivity contribution is 5.90. The van der Waals surface area contributed by atoms with E-state index in [1.807, 2.05) is 0 Å². The van der Waals surface area contributed by atoms with Crippen molar-refractivity contribution in [3.05, 3.63) is 28.4 Å². The molecule has 1 heterocycles. The molecule has 0 atom stereocenters. The molecule has 0 aliphatic carbocycles. The van der Waals surface area contributed by atoms with Crippen LogP contribution in [-0.4, -0.2) is 43.8 Å². The molecule has 9 nitrogen and oxygen atoms in total. The van der Waals surface area contributed by atoms with Crippen LogP contribution in [-0.2, 0) is 0 Å². The highest BCUT2D eigenvalue weighted by atomic mass is 16.5. The number of rotatable bonds is 5. The SMILES string of the molecule is COc1cc2oc(-c3c(O)cc(O)c(OC)c3OC)cc(=O)c2c(O)c1OC. The third kappa shape index (κ3) is 2.77. The number of fused-ring (bicyclic) bond motifs is 1. The molecule has 0 aliphatic rings. The number of hydrogen-bond acceptors (Lipinski definition) is 9. The summed E-state index contributed by atoms with van der Waals surface area (Å²) >= 11 is 0. The molecule has 3 aromatic rings. The van der Waals surface area contributed by atoms with E-state index >= 15 is 0 Å². The summed E-state index contributed by atoms with van der Waals surface area (Å²) in [6.45, 7) is 0. The molecule has 3 N–H and O–H groups in total. The zero-order chi connectivity index (χ0) is 20.6. The van der Waals surface area contributed by atoms with Gasteiger partial charge >= 0.3 is 0 Å². The van der Waals surface area contributed by atoms with Gasteiger partial charge in [0.1, 0.15) is 28.0 Å². The van der Waals surface area contributed by atoms with Gasteiger partial charge in [-0.3, -0.25) is 4.79 Å². The number of phenolic OH excluding ortho intramolecular Hbond substituents is 3. The van der Waals surface area contributed by atoms with E-state index in [4.69, 9.17) is 23.4 Å². The molecule has 148 valence electrons. The van der Waals surface area contributed by atoms with Crippen molar-refractivity contribution in [3.63, 3.8) is 0 Å². The molecule has 28 heavy (non-hydrogen) atoms. The first-order valence-corrected chi connectivity index (χ1v) is 7.96. The van der Waals surface area contributed by atoms with Gasteiger partial charge in [-0.25, -0.2) is 0 Å². The zero-order valence-corrected chi connectivity index (χ0v) is 15.5. The maximum Gasteiger partial charge on any atom is 0.204 e. The third-order valence-electron chi connectivity index (χ3n) is 4.19. The normalized spacial score (nSPS) is 10.7. The molecule has 0 bridgehead atoms. The molecule has 0 amide bonds. The summed E-state index contributed by atoms with van der Waals surface area (Å²) in [7, 11) is 5.30. The minimum atomic E-state index is -0.594. The fourth-order valence-electron chi connectivity index (χ4n) is 2.98. The Labute approximate surface area is 158 Å². The number of ether oxygens (including phenoxy) is 4. The van der Waals surface area contributed by atoms with Crippen molar-refractivity contribution in [1.29, 1.82) is 0 Å². The summed E-state index contributed by atoms with van der Waals surface area (Å²) in [5.74, 6) is -1.21. The lowest BCUT2D eigenvalue weighted by molar-refractivity contribution is 0.329. The maximum atomic E-state index is 12.7. The van der Waals surface area contributed by atoms with E-state index in [9.17, 15) is 20.1 Å². The van der Waals surface area contributed by atoms with Crippen LogP contribution in [0.25, 0.3) is 22.3 Å². The van der Waals surface area contributed by atoms with Crippen LogP contribution in [0.3, 0.4) is 0 Å². The molecule has 0 fully saturated rings. The highest BCUT2D eigenvalue weighted by Gasteiger charge is 2.25. The van der Waals surface area contributed by atoms with E-state index in [-0.39, 0.29) is 51.0 Å². The smallest absolute Gasteiger partial charge is 0.204 e. The number of aromatic hydroxyl groups is 3. The Kier molecular flexibility index (Phi) is 4.83. The Hall–Kier alpha value is -3.75. The van der Waals surface area contributed by atoms with E-state index < -0.39 is 16.9 Å². The van der Waals surface area contributed by atoms with Crippen LogP contribution >= 0.6 is 0 Å². The van der Waals surface area contributed by atoms with Crippen molar-refractivity contribution >= 4 is 11.0 Å². The summed E-state index contributed by atoms with van der Waals surface area (Å²) in [5, 5.41) is 30.5. The van der Waals surface area contributed by atoms with E-state index in [1.165, 1.54) is 34.5 Å². The van der Waals surface area contributed by atoms with E-state index in [2.05, 4.69) is 0 Å². The molecular formula is C19H18O9. The lowest BCUT2D eigenvalue weighted by atomic mass is 10.1. The largest absolute Gasteiger partial charge is 0.507 e. The fraction of sp³-hybridized carbons (Fsp3) is 0.211. The van der Waals surface area contributed by atoms with E-state index in [1.54, 1.807) is 0 Å². The first-order valence-electron chi connectivity index (χ1n) is 7.96. The standard InChI is InChI=1S/C19H18O9/c1-24-13-7-12-14(16(23)18(13)26-3)9(21)6-11(28-12)15-8(20)5-10(22)17(25-2)19(15)27-4/h5-7,20,22-23H,1-4H3. The minimum absolute atomic E-state index is 0.00820. The maximum absolute atomic E-state index is 12.7. The molecule has 0 saturated carbocycles. The molecule has 0 spiro atoms. The fourth-order valence-corrected chi connectivity index (χ4v) is 2.98. The van der Waals surface area contributed by atoms with Crippen molar-refractivity contribution in [1.82, 2.24) is 0 Å². The summed E-state index contributed by atoms with van der Waals surface area (Å²) in [6.07, 6.45) is 0. The highest BCUT2D eigenvalue weighted by Crippen LogP contribution is 2.50. The van der Waals surface area contributed by atoms with Gasteiger partial charge in [0.2, 0.25) is 11.5 Å². The van der Waals surface area contributed by atoms with Gasteiger partial charge in [-0.05, 0) is 0 Å². The first kappa shape index (κ1) is 19.0. The van der Waals surface area contributed by atoms with Crippen molar-refractivity contribution < 1.29 is 38.7 Å². The van der Waals surface area contributed by atoms with Crippen LogP contribution < -0.4 is 24.4 Å². The van der Waals surface area contributed by atoms with Crippen LogP contribution in [0, 0.1) is 0 Å². The van der Waals surface area contributed by atoms with Gasteiger partial charge in [-0.2, -0.15) is 0 Å². The molecule has 0 saturated heterocycles. The van der Waals surface area contributed by atoms with Crippen LogP contribution in [0.2, 0.25) is 0 Å². The Bertz CT molecular complexity index is 1120. The quantitative estimate of drug-likeness (QED) is 0.602. The lowest BCUT2D eigenvalue weighted by Crippen LogP contribution is -2.03. The molecule has 0 radical (unpaired) electrons. The lowest BCUT2D eigenvalue weighted by Gasteiger charge is -2.16. The molecule has 0 unspecified atom stereocenters. The van der Waals surface area contributed by atoms with Crippen LogP contribution in [0.1, 0.15) is 0 Å². The van der Waals surface area contributed by atoms with Gasteiger partial charge in [0.25, 0.3) is 0 Å². The van der Waals surface area contributed by atoms with E-state index in [0.29, 0.717) is 0 Å². The topological polar surface area (TPSA) is 128 Å². The monoisotopic (exact) mass is 390 g/mol. The van der Waals surface area contributed by atoms with Gasteiger partial charge in [-0.15, -0.1) is 0 Å². The molecule has 9 heteroatoms. The van der Waals surface area contributed by atoms with Gasteiger partial charge in [0, 0.05) is 18.2 Å². The predicted molar refractivity (Wildman–Crippen MR) is 99.1 cm³/mol. The Morgan fingerprint density at radius 1 is 0.786 bits per heavy atom. The van der Waals surface area contributed by atoms with Gasteiger partial charge < -0.3 is 38.7 Å². The van der Waals surface area contributed by atoms with Gasteiger partial charge in [0.05, 0.1) is 28.4 Å². The Morgan fingerprint density at radius 2 is 1.43 bits per heavy atom. The Balaban J connectivity index is 2.40. The van der Waals surface area contributed by atoms with Gasteiger partial charge in [0.15, 0.2) is 28.4 Å². The predicted octanol–water partition coefficient (Wildman–Crippen LogP) is 2.61. The molecule has 2 aromatic carbocycles. The van der Waals surface area contributed by atoms with Crippen molar-refractivity contribution in [2.75, 3.05) is 28.4 Å². The van der Waals surface area contributed by atoms with Crippen LogP contribution in [0.4, 0.5) is 0 Å². The molecule has 0 aliphatic heterocycles. The number of phenols is 3. The number of methoxy groups -OCH3 is 4. The average molecular weight is 390 g/mol. The average Bonchev–Trinajstić information content (AvgIpc) is 2.66. The number of hydrogen-bond donors (Lipinski definition) is 3. The zero-order valence-electron chi connectivity index (χ0n) is 15.5. The second-order valence-corrected chi connectivity index (χ2v) is 5.67. The second-order valence-electron chi connectivity index (χ2n) is 5.67. The van der Waals surface area contributed by atoms with Gasteiger partial charge in [-0.1, -0.05) is 0 Å².